The molecule has 0 atom stereocenters. The Kier molecular flexibility index (Phi) is 13.0. The standard InChI is InChI=1S/C33H22ClF11N2O8S/c34-18-3-1-16(2-4-18)11-46(56(52,53)30-28(38)26(36)25(35)27(37)29(30)39)13-24(49)47(19-5-6-22(31(50)51)23(48)9-19)12-17-7-20(54-14-32(40,41)42)10-21(8-17)55-15-33(43,44)45/h1-10,48H,11-15H2,(H,50,51). The minimum Gasteiger partial charge on any atom is -0.507 e. The van der Waals surface area contributed by atoms with E-state index in [0.29, 0.717) is 17.0 Å². The van der Waals surface area contributed by atoms with Gasteiger partial charge < -0.3 is 24.6 Å². The summed E-state index contributed by atoms with van der Waals surface area (Å²) in [5.41, 5.74) is -1.74. The van der Waals surface area contributed by atoms with Crippen molar-refractivity contribution in [1.82, 2.24) is 4.31 Å². The molecule has 0 spiro atoms. The fourth-order valence-corrected chi connectivity index (χ4v) is 6.41. The first-order chi connectivity index (χ1) is 25.9. The maximum absolute atomic E-state index is 14.9. The van der Waals surface area contributed by atoms with Crippen molar-refractivity contribution in [2.75, 3.05) is 24.7 Å². The van der Waals surface area contributed by atoms with Gasteiger partial charge in [-0.05, 0) is 47.5 Å². The quantitative estimate of drug-likeness (QED) is 0.0748. The van der Waals surface area contributed by atoms with Crippen LogP contribution in [0.1, 0.15) is 21.5 Å². The number of aromatic hydroxyl groups is 1. The Morgan fingerprint density at radius 1 is 0.696 bits per heavy atom. The van der Waals surface area contributed by atoms with E-state index < -0.39 is 135 Å². The number of hydrogen-bond donors (Lipinski definition) is 2. The summed E-state index contributed by atoms with van der Waals surface area (Å²) in [7, 11) is -5.92. The van der Waals surface area contributed by atoms with Gasteiger partial charge in [0.2, 0.25) is 21.7 Å². The molecule has 302 valence electrons. The molecule has 56 heavy (non-hydrogen) atoms. The molecule has 23 heteroatoms. The number of benzene rings is 4. The monoisotopic (exact) mass is 850 g/mol. The van der Waals surface area contributed by atoms with Crippen LogP contribution in [-0.4, -0.2) is 66.9 Å². The minimum atomic E-state index is -5.92. The van der Waals surface area contributed by atoms with E-state index in [1.807, 2.05) is 0 Å². The molecule has 0 unspecified atom stereocenters. The van der Waals surface area contributed by atoms with Crippen molar-refractivity contribution in [1.29, 1.82) is 0 Å². The molecule has 0 radical (unpaired) electrons. The van der Waals surface area contributed by atoms with Crippen LogP contribution in [0.15, 0.2) is 65.6 Å². The zero-order valence-corrected chi connectivity index (χ0v) is 29.1. The van der Waals surface area contributed by atoms with Crippen molar-refractivity contribution in [2.45, 2.75) is 30.3 Å². The second-order valence-electron chi connectivity index (χ2n) is 11.4. The Balaban J connectivity index is 1.87. The zero-order chi connectivity index (χ0) is 41.9. The van der Waals surface area contributed by atoms with Gasteiger partial charge in [-0.2, -0.15) is 30.6 Å². The number of sulfonamides is 1. The van der Waals surface area contributed by atoms with Crippen LogP contribution in [0.25, 0.3) is 0 Å². The predicted molar refractivity (Wildman–Crippen MR) is 171 cm³/mol. The van der Waals surface area contributed by atoms with Gasteiger partial charge in [-0.25, -0.2) is 35.2 Å². The van der Waals surface area contributed by atoms with E-state index in [-0.39, 0.29) is 14.9 Å². The normalized spacial score (nSPS) is 12.2. The fraction of sp³-hybridized carbons (Fsp3) is 0.212. The average Bonchev–Trinajstić information content (AvgIpc) is 3.10. The molecule has 0 aliphatic carbocycles. The van der Waals surface area contributed by atoms with Crippen LogP contribution in [0.3, 0.4) is 0 Å². The SMILES string of the molecule is O=C(O)c1ccc(N(Cc2cc(OCC(F)(F)F)cc(OCC(F)(F)F)c2)C(=O)CN(Cc2ccc(Cl)cc2)S(=O)(=O)c2c(F)c(F)c(F)c(F)c2F)cc1O. The van der Waals surface area contributed by atoms with Gasteiger partial charge in [0.25, 0.3) is 0 Å². The third-order valence-electron chi connectivity index (χ3n) is 7.26. The number of rotatable bonds is 14. The van der Waals surface area contributed by atoms with E-state index in [1.165, 1.54) is 12.1 Å². The van der Waals surface area contributed by atoms with Gasteiger partial charge in [0, 0.05) is 29.4 Å². The maximum atomic E-state index is 14.9. The summed E-state index contributed by atoms with van der Waals surface area (Å²) in [6, 6.07) is 9.15. The van der Waals surface area contributed by atoms with Crippen molar-refractivity contribution in [3.8, 4) is 17.2 Å². The number of carbonyl (C=O) groups excluding carboxylic acids is 1. The number of carboxylic acids is 1. The van der Waals surface area contributed by atoms with E-state index in [4.69, 9.17) is 11.6 Å². The van der Waals surface area contributed by atoms with Crippen LogP contribution in [-0.2, 0) is 27.9 Å². The highest BCUT2D eigenvalue weighted by atomic mass is 35.5. The second kappa shape index (κ2) is 16.8. The number of ether oxygens (including phenoxy) is 2. The molecule has 4 rings (SSSR count). The number of carbonyl (C=O) groups is 2. The Bertz CT molecular complexity index is 2170. The van der Waals surface area contributed by atoms with Crippen LogP contribution in [0.2, 0.25) is 5.02 Å². The Labute approximate surface area is 312 Å². The van der Waals surface area contributed by atoms with Crippen LogP contribution in [0.5, 0.6) is 17.2 Å². The number of anilines is 1. The summed E-state index contributed by atoms with van der Waals surface area (Å²) in [5, 5.41) is 19.8. The summed E-state index contributed by atoms with van der Waals surface area (Å²) in [6.45, 7) is -7.49. The molecular weight excluding hydrogens is 829 g/mol. The van der Waals surface area contributed by atoms with Gasteiger partial charge in [0.05, 0.1) is 13.1 Å². The number of amides is 1. The third-order valence-corrected chi connectivity index (χ3v) is 9.33. The number of carboxylic acid groups (broad SMARTS) is 1. The van der Waals surface area contributed by atoms with Crippen LogP contribution in [0, 0.1) is 29.1 Å². The van der Waals surface area contributed by atoms with E-state index in [2.05, 4.69) is 9.47 Å². The molecule has 4 aromatic rings. The summed E-state index contributed by atoms with van der Waals surface area (Å²) in [6.07, 6.45) is -9.91. The summed E-state index contributed by atoms with van der Waals surface area (Å²) in [5.74, 6) is -19.3. The summed E-state index contributed by atoms with van der Waals surface area (Å²) in [4.78, 5) is 23.7. The molecule has 0 heterocycles. The third kappa shape index (κ3) is 10.7. The van der Waals surface area contributed by atoms with Crippen molar-refractivity contribution in [3.05, 3.63) is 111 Å². The Hall–Kier alpha value is -5.35. The Morgan fingerprint density at radius 3 is 1.66 bits per heavy atom. The largest absolute Gasteiger partial charge is 0.507 e. The molecule has 0 bridgehead atoms. The van der Waals surface area contributed by atoms with Gasteiger partial charge in [0.1, 0.15) is 22.8 Å². The Morgan fingerprint density at radius 2 is 1.20 bits per heavy atom. The smallest absolute Gasteiger partial charge is 0.422 e. The van der Waals surface area contributed by atoms with Crippen molar-refractivity contribution in [2.24, 2.45) is 0 Å². The lowest BCUT2D eigenvalue weighted by molar-refractivity contribution is -0.153. The predicted octanol–water partition coefficient (Wildman–Crippen LogP) is 7.75. The lowest BCUT2D eigenvalue weighted by Crippen LogP contribution is -2.43. The average molecular weight is 851 g/mol. The fourth-order valence-electron chi connectivity index (χ4n) is 4.79. The molecule has 0 saturated heterocycles. The highest BCUT2D eigenvalue weighted by molar-refractivity contribution is 7.89. The lowest BCUT2D eigenvalue weighted by atomic mass is 10.1. The molecule has 0 saturated carbocycles. The van der Waals surface area contributed by atoms with Crippen molar-refractivity contribution in [3.63, 3.8) is 0 Å². The first-order valence-electron chi connectivity index (χ1n) is 15.0. The molecular formula is C33H22ClF11N2O8S. The maximum Gasteiger partial charge on any atom is 0.422 e. The van der Waals surface area contributed by atoms with Crippen LogP contribution in [0.4, 0.5) is 54.0 Å². The van der Waals surface area contributed by atoms with E-state index in [1.54, 1.807) is 0 Å². The summed E-state index contributed by atoms with van der Waals surface area (Å²) >= 11 is 5.85. The van der Waals surface area contributed by atoms with Crippen LogP contribution >= 0.6 is 11.6 Å². The first-order valence-corrected chi connectivity index (χ1v) is 16.9. The molecule has 10 nitrogen and oxygen atoms in total. The number of phenols is 1. The molecule has 0 aliphatic heterocycles. The minimum absolute atomic E-state index is 0.0317. The van der Waals surface area contributed by atoms with Crippen LogP contribution < -0.4 is 14.4 Å². The van der Waals surface area contributed by atoms with E-state index >= 15 is 0 Å². The molecule has 1 amide bonds. The number of aromatic carboxylic acids is 1. The van der Waals surface area contributed by atoms with Gasteiger partial charge in [0.15, 0.2) is 41.4 Å². The first kappa shape index (κ1) is 43.4. The summed E-state index contributed by atoms with van der Waals surface area (Å²) < 4.78 is 187. The number of nitrogens with zero attached hydrogens (tertiary/aromatic N) is 2. The second-order valence-corrected chi connectivity index (χ2v) is 13.7. The lowest BCUT2D eigenvalue weighted by Gasteiger charge is -2.28. The van der Waals surface area contributed by atoms with E-state index in [9.17, 15) is 76.5 Å². The molecule has 0 fully saturated rings. The topological polar surface area (TPSA) is 134 Å². The number of halogens is 12. The van der Waals surface area contributed by atoms with Gasteiger partial charge in [-0.3, -0.25) is 4.79 Å². The highest BCUT2D eigenvalue weighted by Crippen LogP contribution is 2.33. The van der Waals surface area contributed by atoms with Gasteiger partial charge >= 0.3 is 18.3 Å². The van der Waals surface area contributed by atoms with Gasteiger partial charge in [-0.1, -0.05) is 23.7 Å². The van der Waals surface area contributed by atoms with Crippen molar-refractivity contribution < 1.29 is 86.0 Å². The number of alkyl halides is 6. The molecule has 2 N–H and O–H groups in total. The van der Waals surface area contributed by atoms with Gasteiger partial charge in [-0.15, -0.1) is 0 Å². The highest BCUT2D eigenvalue weighted by Gasteiger charge is 2.39. The molecule has 0 aliphatic rings. The molecule has 0 aromatic heterocycles. The number of hydrogen-bond acceptors (Lipinski definition) is 7. The van der Waals surface area contributed by atoms with Crippen molar-refractivity contribution >= 4 is 39.2 Å². The van der Waals surface area contributed by atoms with E-state index in [0.717, 1.165) is 36.4 Å². The molecule has 4 aromatic carbocycles. The zero-order valence-electron chi connectivity index (χ0n) is 27.5.